The Balaban J connectivity index is 1.81. The minimum atomic E-state index is 0.787. The lowest BCUT2D eigenvalue weighted by Gasteiger charge is -2.25. The summed E-state index contributed by atoms with van der Waals surface area (Å²) in [5.41, 5.74) is 5.74. The Morgan fingerprint density at radius 1 is 1.20 bits per heavy atom. The number of aryl methyl sites for hydroxylation is 2. The van der Waals surface area contributed by atoms with Crippen molar-refractivity contribution in [3.8, 4) is 11.3 Å². The van der Waals surface area contributed by atoms with Crippen LogP contribution in [0.3, 0.4) is 0 Å². The molecule has 3 heteroatoms. The van der Waals surface area contributed by atoms with Crippen LogP contribution in [0.5, 0.6) is 0 Å². The molecule has 0 saturated heterocycles. The van der Waals surface area contributed by atoms with Gasteiger partial charge in [0.25, 0.3) is 0 Å². The summed E-state index contributed by atoms with van der Waals surface area (Å²) in [6.45, 7) is 4.70. The second kappa shape index (κ2) is 5.98. The van der Waals surface area contributed by atoms with Crippen LogP contribution in [0.25, 0.3) is 21.5 Å². The number of pyridine rings is 1. The first kappa shape index (κ1) is 15.6. The van der Waals surface area contributed by atoms with E-state index in [4.69, 9.17) is 9.40 Å². The van der Waals surface area contributed by atoms with Gasteiger partial charge in [-0.1, -0.05) is 20.3 Å². The van der Waals surface area contributed by atoms with Gasteiger partial charge in [0.15, 0.2) is 0 Å². The molecule has 0 amide bonds. The molecule has 0 unspecified atom stereocenters. The highest BCUT2D eigenvalue weighted by molar-refractivity contribution is 7.19. The quantitative estimate of drug-likeness (QED) is 0.549. The maximum Gasteiger partial charge on any atom is 0.134 e. The zero-order chi connectivity index (χ0) is 17.0. The molecule has 25 heavy (non-hydrogen) atoms. The molecule has 3 aromatic rings. The van der Waals surface area contributed by atoms with Gasteiger partial charge < -0.3 is 4.42 Å². The molecule has 2 aliphatic rings. The van der Waals surface area contributed by atoms with E-state index in [2.05, 4.69) is 19.9 Å². The van der Waals surface area contributed by atoms with E-state index in [0.29, 0.717) is 0 Å². The van der Waals surface area contributed by atoms with Gasteiger partial charge in [-0.2, -0.15) is 0 Å². The van der Waals surface area contributed by atoms with Gasteiger partial charge in [0.05, 0.1) is 6.26 Å². The monoisotopic (exact) mass is 351 g/mol. The zero-order valence-corrected chi connectivity index (χ0v) is 15.9. The number of hydrogen-bond acceptors (Lipinski definition) is 3. The zero-order valence-electron chi connectivity index (χ0n) is 15.1. The first-order chi connectivity index (χ1) is 12.2. The third kappa shape index (κ3) is 2.47. The minimum absolute atomic E-state index is 0.787. The summed E-state index contributed by atoms with van der Waals surface area (Å²) in [6.07, 6.45) is 10.3. The largest absolute Gasteiger partial charge is 0.464 e. The fraction of sp³-hybridized carbons (Fsp3) is 0.500. The number of thiophene rings is 1. The van der Waals surface area contributed by atoms with Crippen molar-refractivity contribution in [3.63, 3.8) is 0 Å². The lowest BCUT2D eigenvalue weighted by Crippen LogP contribution is -2.16. The number of fused-ring (bicyclic) bond motifs is 4. The average molecular weight is 352 g/mol. The van der Waals surface area contributed by atoms with Gasteiger partial charge >= 0.3 is 0 Å². The second-order valence-electron chi connectivity index (χ2n) is 7.94. The Kier molecular flexibility index (Phi) is 3.74. The van der Waals surface area contributed by atoms with Crippen LogP contribution in [0.4, 0.5) is 0 Å². The van der Waals surface area contributed by atoms with Crippen molar-refractivity contribution in [2.75, 3.05) is 0 Å². The third-order valence-electron chi connectivity index (χ3n) is 6.26. The van der Waals surface area contributed by atoms with Gasteiger partial charge in [0, 0.05) is 21.5 Å². The molecule has 5 rings (SSSR count). The molecule has 0 saturated carbocycles. The van der Waals surface area contributed by atoms with Gasteiger partial charge in [-0.25, -0.2) is 4.98 Å². The Morgan fingerprint density at radius 2 is 2.12 bits per heavy atom. The number of furan rings is 1. The van der Waals surface area contributed by atoms with E-state index >= 15 is 0 Å². The van der Waals surface area contributed by atoms with Crippen molar-refractivity contribution in [3.05, 3.63) is 40.1 Å². The van der Waals surface area contributed by atoms with E-state index in [0.717, 1.165) is 30.4 Å². The molecule has 0 radical (unpaired) electrons. The highest BCUT2D eigenvalue weighted by atomic mass is 32.1. The molecule has 0 spiro atoms. The summed E-state index contributed by atoms with van der Waals surface area (Å²) in [5.74, 6) is 2.63. The van der Waals surface area contributed by atoms with Gasteiger partial charge in [0.2, 0.25) is 0 Å². The summed E-state index contributed by atoms with van der Waals surface area (Å²) < 4.78 is 5.92. The molecule has 2 aliphatic carbocycles. The maximum absolute atomic E-state index is 5.92. The van der Waals surface area contributed by atoms with Crippen molar-refractivity contribution in [2.45, 2.75) is 58.8 Å². The molecule has 2 nitrogen and oxygen atoms in total. The van der Waals surface area contributed by atoms with E-state index in [1.807, 2.05) is 23.7 Å². The molecular formula is C22H25NOS. The van der Waals surface area contributed by atoms with Gasteiger partial charge in [-0.3, -0.25) is 0 Å². The lowest BCUT2D eigenvalue weighted by atomic mass is 9.80. The number of nitrogens with zero attached hydrogens (tertiary/aromatic N) is 1. The van der Waals surface area contributed by atoms with E-state index in [-0.39, 0.29) is 0 Å². The molecular weight excluding hydrogens is 326 g/mol. The molecule has 3 aromatic heterocycles. The summed E-state index contributed by atoms with van der Waals surface area (Å²) in [5, 5.41) is 1.41. The number of aromatic nitrogens is 1. The maximum atomic E-state index is 5.92. The number of rotatable bonds is 2. The van der Waals surface area contributed by atoms with E-state index < -0.39 is 0 Å². The third-order valence-corrected chi connectivity index (χ3v) is 7.41. The molecule has 0 bridgehead atoms. The van der Waals surface area contributed by atoms with Crippen molar-refractivity contribution in [2.24, 2.45) is 11.8 Å². The predicted molar refractivity (Wildman–Crippen MR) is 104 cm³/mol. The van der Waals surface area contributed by atoms with E-state index in [1.165, 1.54) is 59.1 Å². The molecule has 2 atom stereocenters. The fourth-order valence-corrected chi connectivity index (χ4v) is 6.17. The molecule has 130 valence electrons. The van der Waals surface area contributed by atoms with Crippen molar-refractivity contribution in [1.29, 1.82) is 0 Å². The van der Waals surface area contributed by atoms with Gasteiger partial charge in [0.1, 0.15) is 10.6 Å². The van der Waals surface area contributed by atoms with Gasteiger partial charge in [-0.05, 0) is 73.6 Å². The van der Waals surface area contributed by atoms with Crippen molar-refractivity contribution >= 4 is 21.6 Å². The van der Waals surface area contributed by atoms with Gasteiger partial charge in [-0.15, -0.1) is 11.3 Å². The fourth-order valence-electron chi connectivity index (χ4n) is 4.76. The Bertz CT molecular complexity index is 922. The molecule has 3 heterocycles. The van der Waals surface area contributed by atoms with E-state index in [9.17, 15) is 0 Å². The number of hydrogen-bond donors (Lipinski definition) is 0. The van der Waals surface area contributed by atoms with Crippen LogP contribution < -0.4 is 0 Å². The average Bonchev–Trinajstić information content (AvgIpc) is 3.26. The smallest absolute Gasteiger partial charge is 0.134 e. The standard InChI is InChI=1S/C22H25NOS/c1-3-14-7-9-17-16(12-14)20(18-5-4-10-24-18)21-15-8-6-13(2)11-19(15)25-22(21)23-17/h4-5,10,13-14H,3,6-9,11-12H2,1-2H3/t13-,14+/m1/s1. The van der Waals surface area contributed by atoms with Crippen LogP contribution in [0, 0.1) is 11.8 Å². The topological polar surface area (TPSA) is 26.0 Å². The lowest BCUT2D eigenvalue weighted by molar-refractivity contribution is 0.440. The summed E-state index contributed by atoms with van der Waals surface area (Å²) in [4.78, 5) is 7.98. The summed E-state index contributed by atoms with van der Waals surface area (Å²) >= 11 is 1.94. The normalized spacial score (nSPS) is 22.8. The summed E-state index contributed by atoms with van der Waals surface area (Å²) in [7, 11) is 0. The second-order valence-corrected chi connectivity index (χ2v) is 9.02. The highest BCUT2D eigenvalue weighted by Crippen LogP contribution is 2.46. The Hall–Kier alpha value is -1.61. The molecule has 0 N–H and O–H groups in total. The van der Waals surface area contributed by atoms with Crippen LogP contribution in [-0.2, 0) is 25.7 Å². The molecule has 0 aromatic carbocycles. The van der Waals surface area contributed by atoms with Crippen LogP contribution in [0.1, 0.15) is 54.8 Å². The van der Waals surface area contributed by atoms with Crippen LogP contribution >= 0.6 is 11.3 Å². The highest BCUT2D eigenvalue weighted by Gasteiger charge is 2.29. The van der Waals surface area contributed by atoms with Crippen LogP contribution in [0.2, 0.25) is 0 Å². The first-order valence-electron chi connectivity index (χ1n) is 9.74. The van der Waals surface area contributed by atoms with Crippen LogP contribution in [0.15, 0.2) is 22.8 Å². The molecule has 0 aliphatic heterocycles. The minimum Gasteiger partial charge on any atom is -0.464 e. The van der Waals surface area contributed by atoms with Crippen molar-refractivity contribution in [1.82, 2.24) is 4.98 Å². The SMILES string of the molecule is CC[C@H]1CCc2nc3sc4c(c3c(-c3ccco3)c2C1)CC[C@@H](C)C4. The summed E-state index contributed by atoms with van der Waals surface area (Å²) in [6, 6.07) is 4.16. The van der Waals surface area contributed by atoms with Crippen molar-refractivity contribution < 1.29 is 4.42 Å². The Morgan fingerprint density at radius 3 is 2.92 bits per heavy atom. The van der Waals surface area contributed by atoms with E-state index in [1.54, 1.807) is 10.4 Å². The predicted octanol–water partition coefficient (Wildman–Crippen LogP) is 6.20. The first-order valence-corrected chi connectivity index (χ1v) is 10.6. The Labute approximate surface area is 153 Å². The molecule has 0 fully saturated rings. The van der Waals surface area contributed by atoms with Crippen LogP contribution in [-0.4, -0.2) is 4.98 Å².